The van der Waals surface area contributed by atoms with Gasteiger partial charge in [0.05, 0.1) is 17.0 Å². The van der Waals surface area contributed by atoms with Gasteiger partial charge >= 0.3 is 0 Å². The summed E-state index contributed by atoms with van der Waals surface area (Å²) in [6, 6.07) is 4.67. The van der Waals surface area contributed by atoms with Gasteiger partial charge in [0, 0.05) is 6.07 Å². The number of halogens is 2. The third kappa shape index (κ3) is 1.85. The largest absolute Gasteiger partial charge is 0.325 e. The van der Waals surface area contributed by atoms with Gasteiger partial charge in [0.2, 0.25) is 0 Å². The normalized spacial score (nSPS) is 11.4. The van der Waals surface area contributed by atoms with Gasteiger partial charge in [0.25, 0.3) is 11.6 Å². The Labute approximate surface area is 78.5 Å². The zero-order valence-corrected chi connectivity index (χ0v) is 7.11. The summed E-state index contributed by atoms with van der Waals surface area (Å²) >= 11 is 0. The molecule has 0 aliphatic carbocycles. The van der Waals surface area contributed by atoms with Crippen LogP contribution in [-0.4, -0.2) is 11.5 Å². The van der Waals surface area contributed by atoms with Crippen LogP contribution in [0.15, 0.2) is 24.3 Å². The molecule has 0 amide bonds. The van der Waals surface area contributed by atoms with E-state index in [0.717, 1.165) is 12.1 Å². The molecule has 14 heavy (non-hydrogen) atoms. The Bertz CT molecular complexity index is 355. The lowest BCUT2D eigenvalue weighted by molar-refractivity contribution is -0.387. The molecule has 2 N–H and O–H groups in total. The van der Waals surface area contributed by atoms with Gasteiger partial charge in [-0.25, -0.2) is 0 Å². The highest BCUT2D eigenvalue weighted by Gasteiger charge is 2.36. The minimum Gasteiger partial charge on any atom is -0.325 e. The molecule has 0 saturated heterocycles. The molecule has 0 spiro atoms. The smallest absolute Gasteiger partial charge is 0.291 e. The van der Waals surface area contributed by atoms with Gasteiger partial charge in [0.1, 0.15) is 0 Å². The van der Waals surface area contributed by atoms with E-state index in [9.17, 15) is 18.9 Å². The van der Waals surface area contributed by atoms with Gasteiger partial charge in [-0.1, -0.05) is 12.1 Å². The van der Waals surface area contributed by atoms with Crippen molar-refractivity contribution in [2.45, 2.75) is 5.92 Å². The first-order valence-corrected chi connectivity index (χ1v) is 3.81. The number of nitro groups is 1. The zero-order valence-electron chi connectivity index (χ0n) is 7.11. The van der Waals surface area contributed by atoms with Crippen molar-refractivity contribution >= 4 is 5.69 Å². The van der Waals surface area contributed by atoms with Crippen LogP contribution in [0.2, 0.25) is 0 Å². The topological polar surface area (TPSA) is 69.2 Å². The maximum Gasteiger partial charge on any atom is 0.291 e. The van der Waals surface area contributed by atoms with Crippen LogP contribution in [0.4, 0.5) is 14.5 Å². The molecule has 1 aromatic carbocycles. The molecule has 4 nitrogen and oxygen atoms in total. The molecule has 0 aromatic heterocycles. The Morgan fingerprint density at radius 3 is 2.50 bits per heavy atom. The lowest BCUT2D eigenvalue weighted by atomic mass is 10.1. The highest BCUT2D eigenvalue weighted by atomic mass is 19.3. The quantitative estimate of drug-likeness (QED) is 0.598. The van der Waals surface area contributed by atoms with Crippen LogP contribution in [0.3, 0.4) is 0 Å². The number of nitro benzene ring substituents is 1. The fourth-order valence-corrected chi connectivity index (χ4v) is 1.05. The number of nitrogens with zero attached hydrogens (tertiary/aromatic N) is 1. The molecule has 0 aliphatic rings. The molecular formula is C8H8F2N2O2. The van der Waals surface area contributed by atoms with E-state index in [0.29, 0.717) is 0 Å². The second-order valence-corrected chi connectivity index (χ2v) is 2.68. The van der Waals surface area contributed by atoms with Crippen LogP contribution < -0.4 is 5.73 Å². The molecule has 0 heterocycles. The monoisotopic (exact) mass is 202 g/mol. The number of nitrogens with two attached hydrogens (primary N) is 1. The van der Waals surface area contributed by atoms with Crippen LogP contribution in [-0.2, 0) is 5.92 Å². The van der Waals surface area contributed by atoms with Gasteiger partial charge in [0.15, 0.2) is 0 Å². The third-order valence-corrected chi connectivity index (χ3v) is 1.75. The lowest BCUT2D eigenvalue weighted by Crippen LogP contribution is -2.25. The highest BCUT2D eigenvalue weighted by molar-refractivity contribution is 5.42. The summed E-state index contributed by atoms with van der Waals surface area (Å²) in [5.74, 6) is -3.36. The van der Waals surface area contributed by atoms with Crippen molar-refractivity contribution in [3.8, 4) is 0 Å². The average Bonchev–Trinajstić information content (AvgIpc) is 2.18. The van der Waals surface area contributed by atoms with Crippen LogP contribution >= 0.6 is 0 Å². The second kappa shape index (κ2) is 3.67. The lowest BCUT2D eigenvalue weighted by Gasteiger charge is -2.13. The molecule has 0 saturated carbocycles. The Balaban J connectivity index is 3.27. The van der Waals surface area contributed by atoms with E-state index >= 15 is 0 Å². The molecule has 1 aromatic rings. The van der Waals surface area contributed by atoms with Crippen molar-refractivity contribution in [2.24, 2.45) is 5.73 Å². The van der Waals surface area contributed by atoms with E-state index in [-0.39, 0.29) is 0 Å². The Kier molecular flexibility index (Phi) is 2.76. The van der Waals surface area contributed by atoms with Crippen LogP contribution in [0.1, 0.15) is 5.56 Å². The first-order valence-electron chi connectivity index (χ1n) is 3.81. The number of hydrogen-bond donors (Lipinski definition) is 1. The minimum atomic E-state index is -3.36. The van der Waals surface area contributed by atoms with Crippen molar-refractivity contribution in [1.82, 2.24) is 0 Å². The van der Waals surface area contributed by atoms with E-state index in [1.807, 2.05) is 0 Å². The van der Waals surface area contributed by atoms with Crippen molar-refractivity contribution in [3.63, 3.8) is 0 Å². The molecule has 0 unspecified atom stereocenters. The first-order chi connectivity index (χ1) is 6.49. The van der Waals surface area contributed by atoms with E-state index in [1.165, 1.54) is 12.1 Å². The van der Waals surface area contributed by atoms with Crippen LogP contribution in [0.25, 0.3) is 0 Å². The summed E-state index contributed by atoms with van der Waals surface area (Å²) in [6.45, 7) is -0.947. The van der Waals surface area contributed by atoms with Crippen molar-refractivity contribution < 1.29 is 13.7 Å². The summed E-state index contributed by atoms with van der Waals surface area (Å²) in [6.07, 6.45) is 0. The summed E-state index contributed by atoms with van der Waals surface area (Å²) in [7, 11) is 0. The second-order valence-electron chi connectivity index (χ2n) is 2.68. The minimum absolute atomic E-state index is 0.608. The Hall–Kier alpha value is -1.56. The molecule has 1 rings (SSSR count). The molecule has 0 radical (unpaired) electrons. The summed E-state index contributed by atoms with van der Waals surface area (Å²) < 4.78 is 26.2. The van der Waals surface area contributed by atoms with Gasteiger partial charge in [-0.3, -0.25) is 10.1 Å². The molecular weight excluding hydrogens is 194 g/mol. The van der Waals surface area contributed by atoms with E-state index in [1.54, 1.807) is 0 Å². The zero-order chi connectivity index (χ0) is 10.8. The maximum atomic E-state index is 13.1. The highest BCUT2D eigenvalue weighted by Crippen LogP contribution is 2.33. The van der Waals surface area contributed by atoms with Crippen molar-refractivity contribution in [1.29, 1.82) is 0 Å². The molecule has 0 atom stereocenters. The fourth-order valence-electron chi connectivity index (χ4n) is 1.05. The molecule has 6 heteroatoms. The summed E-state index contributed by atoms with van der Waals surface area (Å²) in [5, 5.41) is 10.4. The van der Waals surface area contributed by atoms with Gasteiger partial charge in [-0.15, -0.1) is 0 Å². The summed E-state index contributed by atoms with van der Waals surface area (Å²) in [4.78, 5) is 9.57. The summed E-state index contributed by atoms with van der Waals surface area (Å²) in [5.41, 5.74) is 3.58. The predicted octanol–water partition coefficient (Wildman–Crippen LogP) is 1.65. The third-order valence-electron chi connectivity index (χ3n) is 1.75. The van der Waals surface area contributed by atoms with Crippen LogP contribution in [0, 0.1) is 10.1 Å². The predicted molar refractivity (Wildman–Crippen MR) is 46.0 cm³/mol. The Morgan fingerprint density at radius 1 is 1.43 bits per heavy atom. The standard InChI is InChI=1S/C8H8F2N2O2/c9-8(10,5-11)6-3-1-2-4-7(6)12(13)14/h1-4H,5,11H2. The fraction of sp³-hybridized carbons (Fsp3) is 0.250. The van der Waals surface area contributed by atoms with E-state index in [2.05, 4.69) is 0 Å². The molecule has 0 bridgehead atoms. The van der Waals surface area contributed by atoms with Crippen LogP contribution in [0.5, 0.6) is 0 Å². The Morgan fingerprint density at radius 2 is 2.00 bits per heavy atom. The SMILES string of the molecule is NCC(F)(F)c1ccccc1[N+](=O)[O-]. The number of para-hydroxylation sites is 1. The van der Waals surface area contributed by atoms with Gasteiger partial charge in [-0.05, 0) is 6.07 Å². The van der Waals surface area contributed by atoms with Crippen molar-refractivity contribution in [2.75, 3.05) is 6.54 Å². The first kappa shape index (κ1) is 10.5. The average molecular weight is 202 g/mol. The van der Waals surface area contributed by atoms with Crippen molar-refractivity contribution in [3.05, 3.63) is 39.9 Å². The number of rotatable bonds is 3. The molecule has 76 valence electrons. The van der Waals surface area contributed by atoms with Gasteiger partial charge < -0.3 is 5.73 Å². The van der Waals surface area contributed by atoms with E-state index in [4.69, 9.17) is 5.73 Å². The molecule has 0 fully saturated rings. The maximum absolute atomic E-state index is 13.1. The number of alkyl halides is 2. The number of hydrogen-bond acceptors (Lipinski definition) is 3. The number of benzene rings is 1. The van der Waals surface area contributed by atoms with E-state index < -0.39 is 28.6 Å². The van der Waals surface area contributed by atoms with Gasteiger partial charge in [-0.2, -0.15) is 8.78 Å². The molecule has 0 aliphatic heterocycles.